The van der Waals surface area contributed by atoms with Crippen molar-refractivity contribution in [3.8, 4) is 0 Å². The Morgan fingerprint density at radius 1 is 0.744 bits per heavy atom. The minimum atomic E-state index is -3.11. The van der Waals surface area contributed by atoms with Gasteiger partial charge in [-0.1, -0.05) is 21.0 Å². The molecule has 0 aliphatic rings. The van der Waals surface area contributed by atoms with Crippen LogP contribution in [-0.2, 0) is 52.2 Å². The van der Waals surface area contributed by atoms with E-state index >= 15 is 0 Å². The minimum Gasteiger partial charge on any atom is -0.268 e. The minimum absolute atomic E-state index is 0.0655. The SMILES string of the molecule is CCS(=O)(=O)CCc1cc2c(nc3c4sc5c6c(ccc(c(=O)n23)c46)c(=O)n2c3cc(CCS(=S)(=S)CC)sc3nc52)s1. The summed E-state index contributed by atoms with van der Waals surface area (Å²) in [6.07, 6.45) is 1.17. The van der Waals surface area contributed by atoms with Gasteiger partial charge >= 0.3 is 0 Å². The van der Waals surface area contributed by atoms with E-state index < -0.39 is 17.0 Å². The summed E-state index contributed by atoms with van der Waals surface area (Å²) in [4.78, 5) is 41.2. The third-order valence-electron chi connectivity index (χ3n) is 8.14. The standard InChI is InChI=1S/C28H22N4O4S7/c1-3-42(35,36)9-7-13-11-17-25(39-13)29-23-21-19-15(27(33)31(17)23)5-6-16-20(19)22(41-21)24-30-26-18(32(24)28(16)34)12-14(40-26)8-10-43(37,38)4-2/h5-6,11-12H,3-4,7-10H2,1-2H3. The molecule has 0 aliphatic carbocycles. The number of imidazole rings is 2. The molecule has 8 nitrogen and oxygen atoms in total. The van der Waals surface area contributed by atoms with Crippen LogP contribution in [0.15, 0.2) is 33.9 Å². The molecule has 0 radical (unpaired) electrons. The number of hydrogen-bond donors (Lipinski definition) is 0. The van der Waals surface area contributed by atoms with Gasteiger partial charge in [-0.2, -0.15) is 0 Å². The van der Waals surface area contributed by atoms with E-state index in [-0.39, 0.29) is 22.6 Å². The van der Waals surface area contributed by atoms with E-state index in [1.165, 1.54) is 22.7 Å². The third-order valence-corrected chi connectivity index (χ3v) is 17.3. The molecular formula is C28H22N4O4S7. The molecule has 0 bridgehead atoms. The van der Waals surface area contributed by atoms with Gasteiger partial charge in [0.15, 0.2) is 11.3 Å². The molecule has 0 saturated heterocycles. The Bertz CT molecular complexity index is 2590. The first-order valence-electron chi connectivity index (χ1n) is 13.6. The number of aryl methyl sites for hydroxylation is 2. The normalized spacial score (nSPS) is 13.5. The van der Waals surface area contributed by atoms with Crippen LogP contribution in [0, 0.1) is 0 Å². The van der Waals surface area contributed by atoms with Crippen LogP contribution in [0.25, 0.3) is 62.9 Å². The maximum absolute atomic E-state index is 13.9. The number of pyridine rings is 2. The van der Waals surface area contributed by atoms with Crippen molar-refractivity contribution < 1.29 is 8.42 Å². The van der Waals surface area contributed by atoms with Crippen LogP contribution in [0.2, 0.25) is 0 Å². The summed E-state index contributed by atoms with van der Waals surface area (Å²) in [5.41, 5.74) is 2.26. The molecule has 0 atom stereocenters. The summed E-state index contributed by atoms with van der Waals surface area (Å²) in [5, 5.41) is 2.59. The van der Waals surface area contributed by atoms with Gasteiger partial charge in [0.1, 0.15) is 19.5 Å². The van der Waals surface area contributed by atoms with Gasteiger partial charge in [0, 0.05) is 42.8 Å². The molecule has 15 heteroatoms. The molecule has 1 aromatic carbocycles. The molecule has 8 rings (SSSR count). The van der Waals surface area contributed by atoms with E-state index in [2.05, 4.69) is 0 Å². The van der Waals surface area contributed by atoms with E-state index in [1.54, 1.807) is 39.2 Å². The van der Waals surface area contributed by atoms with Crippen LogP contribution in [-0.4, -0.2) is 50.2 Å². The molecule has 0 saturated carbocycles. The average Bonchev–Trinajstić information content (AvgIpc) is 3.77. The molecule has 0 N–H and O–H groups in total. The monoisotopic (exact) mass is 702 g/mol. The Labute approximate surface area is 266 Å². The lowest BCUT2D eigenvalue weighted by molar-refractivity contribution is 0.596. The Morgan fingerprint density at radius 3 is 1.70 bits per heavy atom. The maximum atomic E-state index is 13.9. The third kappa shape index (κ3) is 4.12. The molecule has 0 fully saturated rings. The van der Waals surface area contributed by atoms with Crippen molar-refractivity contribution in [2.45, 2.75) is 26.7 Å². The number of hydrogen-bond acceptors (Lipinski definition) is 11. The van der Waals surface area contributed by atoms with Crippen molar-refractivity contribution in [2.24, 2.45) is 0 Å². The Balaban J connectivity index is 1.35. The van der Waals surface area contributed by atoms with E-state index in [1.807, 2.05) is 19.1 Å². The van der Waals surface area contributed by atoms with Crippen LogP contribution in [0.1, 0.15) is 23.6 Å². The van der Waals surface area contributed by atoms with Gasteiger partial charge in [-0.15, -0.1) is 34.0 Å². The van der Waals surface area contributed by atoms with E-state index in [9.17, 15) is 18.0 Å². The first-order valence-corrected chi connectivity index (χ1v) is 21.7. The second-order valence-electron chi connectivity index (χ2n) is 10.6. The van der Waals surface area contributed by atoms with Gasteiger partial charge in [0.25, 0.3) is 11.1 Å². The maximum Gasteiger partial charge on any atom is 0.264 e. The highest BCUT2D eigenvalue weighted by Gasteiger charge is 2.26. The smallest absolute Gasteiger partial charge is 0.264 e. The molecule has 0 aliphatic heterocycles. The fraction of sp³-hybridized carbons (Fsp3) is 0.286. The largest absolute Gasteiger partial charge is 0.268 e. The summed E-state index contributed by atoms with van der Waals surface area (Å²) < 4.78 is 29.1. The van der Waals surface area contributed by atoms with Crippen LogP contribution in [0.3, 0.4) is 0 Å². The van der Waals surface area contributed by atoms with Gasteiger partial charge in [-0.05, 0) is 65.2 Å². The van der Waals surface area contributed by atoms with Crippen LogP contribution in [0.4, 0.5) is 0 Å². The molecule has 43 heavy (non-hydrogen) atoms. The zero-order valence-electron chi connectivity index (χ0n) is 22.8. The lowest BCUT2D eigenvalue weighted by Crippen LogP contribution is -2.15. The summed E-state index contributed by atoms with van der Waals surface area (Å²) in [6.45, 7) is 3.69. The predicted molar refractivity (Wildman–Crippen MR) is 189 cm³/mol. The zero-order valence-corrected chi connectivity index (χ0v) is 28.5. The average molecular weight is 703 g/mol. The Kier molecular flexibility index (Phi) is 6.24. The van der Waals surface area contributed by atoms with Crippen LogP contribution in [0.5, 0.6) is 0 Å². The lowest BCUT2D eigenvalue weighted by Gasteiger charge is -2.05. The van der Waals surface area contributed by atoms with Crippen molar-refractivity contribution >= 4 is 136 Å². The topological polar surface area (TPSA) is 103 Å². The summed E-state index contributed by atoms with van der Waals surface area (Å²) in [7, 11) is -4.56. The van der Waals surface area contributed by atoms with E-state index in [0.717, 1.165) is 58.2 Å². The number of sulfone groups is 1. The molecule has 8 aromatic rings. The zero-order chi connectivity index (χ0) is 30.0. The molecule has 0 amide bonds. The fourth-order valence-corrected chi connectivity index (χ4v) is 11.5. The number of rotatable bonds is 8. The second-order valence-corrected chi connectivity index (χ2v) is 23.3. The first-order chi connectivity index (χ1) is 20.5. The second kappa shape index (κ2) is 9.55. The van der Waals surface area contributed by atoms with E-state index in [0.29, 0.717) is 38.8 Å². The van der Waals surface area contributed by atoms with Crippen LogP contribution >= 0.6 is 34.0 Å². The molecule has 0 spiro atoms. The highest BCUT2D eigenvalue weighted by atomic mass is 33.1. The fourth-order valence-electron chi connectivity index (χ4n) is 5.80. The summed E-state index contributed by atoms with van der Waals surface area (Å²) in [5.74, 6) is 1.78. The first kappa shape index (κ1) is 28.1. The summed E-state index contributed by atoms with van der Waals surface area (Å²) >= 11 is 15.7. The predicted octanol–water partition coefficient (Wildman–Crippen LogP) is 5.15. The molecule has 220 valence electrons. The number of nitrogens with zero attached hydrogens (tertiary/aromatic N) is 4. The highest BCUT2D eigenvalue weighted by Crippen LogP contribution is 2.43. The lowest BCUT2D eigenvalue weighted by atomic mass is 10.0. The van der Waals surface area contributed by atoms with Crippen molar-refractivity contribution in [1.29, 1.82) is 0 Å². The Morgan fingerprint density at radius 2 is 1.23 bits per heavy atom. The van der Waals surface area contributed by atoms with Crippen molar-refractivity contribution in [2.75, 3.05) is 23.0 Å². The van der Waals surface area contributed by atoms with Crippen molar-refractivity contribution in [1.82, 2.24) is 18.8 Å². The molecular weight excluding hydrogens is 681 g/mol. The Hall–Kier alpha value is -2.40. The van der Waals surface area contributed by atoms with Gasteiger partial charge in [-0.3, -0.25) is 18.4 Å². The van der Waals surface area contributed by atoms with Gasteiger partial charge in [0.05, 0.1) is 26.2 Å². The molecule has 0 unspecified atom stereocenters. The molecule has 7 heterocycles. The van der Waals surface area contributed by atoms with Gasteiger partial charge in [0.2, 0.25) is 0 Å². The van der Waals surface area contributed by atoms with E-state index in [4.69, 9.17) is 32.3 Å². The number of fused-ring (bicyclic) bond motifs is 8. The quantitative estimate of drug-likeness (QED) is 0.201. The van der Waals surface area contributed by atoms with Gasteiger partial charge < -0.3 is 0 Å². The summed E-state index contributed by atoms with van der Waals surface area (Å²) in [6, 6.07) is 7.42. The number of aromatic nitrogens is 4. The van der Waals surface area contributed by atoms with Crippen molar-refractivity contribution in [3.63, 3.8) is 0 Å². The highest BCUT2D eigenvalue weighted by molar-refractivity contribution is 8.56. The number of thiophene rings is 3. The molecule has 7 aromatic heterocycles. The number of benzene rings is 1. The van der Waals surface area contributed by atoms with Gasteiger partial charge in [-0.25, -0.2) is 18.4 Å². The van der Waals surface area contributed by atoms with Crippen LogP contribution < -0.4 is 11.1 Å². The van der Waals surface area contributed by atoms with Crippen molar-refractivity contribution in [3.05, 3.63) is 54.7 Å².